The van der Waals surface area contributed by atoms with Crippen LogP contribution in [0.2, 0.25) is 0 Å². The molecule has 0 aliphatic heterocycles. The van der Waals surface area contributed by atoms with Crippen molar-refractivity contribution >= 4 is 5.84 Å². The molecule has 0 aromatic heterocycles. The van der Waals surface area contributed by atoms with Crippen LogP contribution in [0.3, 0.4) is 0 Å². The van der Waals surface area contributed by atoms with E-state index in [-0.39, 0.29) is 0 Å². The topological polar surface area (TPSA) is 59.6 Å². The van der Waals surface area contributed by atoms with E-state index < -0.39 is 0 Å². The number of nitrogens with zero attached hydrogens (tertiary/aromatic N) is 1. The zero-order chi connectivity index (χ0) is 10.1. The largest absolute Gasteiger partial charge is 0.383 e. The van der Waals surface area contributed by atoms with Crippen molar-refractivity contribution in [3.8, 4) is 0 Å². The molecule has 0 aromatic carbocycles. The summed E-state index contributed by atoms with van der Waals surface area (Å²) in [7, 11) is 1.67. The van der Waals surface area contributed by atoms with Gasteiger partial charge in [-0.2, -0.15) is 0 Å². The number of nitrogens with two attached hydrogens (primary N) is 1. The molecule has 0 aromatic rings. The maximum atomic E-state index is 5.39. The van der Waals surface area contributed by atoms with Crippen molar-refractivity contribution in [1.82, 2.24) is 5.43 Å². The van der Waals surface area contributed by atoms with Gasteiger partial charge < -0.3 is 10.2 Å². The van der Waals surface area contributed by atoms with Crippen molar-refractivity contribution < 1.29 is 4.74 Å². The monoisotopic (exact) mass is 187 g/mol. The molecule has 0 aliphatic rings. The normalized spacial score (nSPS) is 12.2. The molecule has 0 radical (unpaired) electrons. The molecule has 78 valence electrons. The van der Waals surface area contributed by atoms with Gasteiger partial charge in [-0.3, -0.25) is 4.99 Å². The first-order valence-electron chi connectivity index (χ1n) is 4.79. The minimum absolute atomic E-state index is 0.446. The molecule has 0 heterocycles. The summed E-state index contributed by atoms with van der Waals surface area (Å²) >= 11 is 0. The third-order valence-corrected chi connectivity index (χ3v) is 2.10. The van der Waals surface area contributed by atoms with Crippen LogP contribution in [0.4, 0.5) is 0 Å². The van der Waals surface area contributed by atoms with Gasteiger partial charge in [-0.15, -0.1) is 0 Å². The Kier molecular flexibility index (Phi) is 7.63. The van der Waals surface area contributed by atoms with Crippen LogP contribution in [0.5, 0.6) is 0 Å². The van der Waals surface area contributed by atoms with Crippen LogP contribution in [0.15, 0.2) is 4.99 Å². The highest BCUT2D eigenvalue weighted by Gasteiger charge is 2.09. The van der Waals surface area contributed by atoms with Crippen molar-refractivity contribution in [1.29, 1.82) is 0 Å². The van der Waals surface area contributed by atoms with E-state index in [0.717, 1.165) is 18.7 Å². The summed E-state index contributed by atoms with van der Waals surface area (Å²) in [6.07, 6.45) is 2.12. The highest BCUT2D eigenvalue weighted by atomic mass is 16.5. The first-order valence-corrected chi connectivity index (χ1v) is 4.79. The number of aliphatic imine (C=N–C) groups is 1. The van der Waals surface area contributed by atoms with Crippen LogP contribution >= 0.6 is 0 Å². The van der Waals surface area contributed by atoms with Crippen LogP contribution in [-0.4, -0.2) is 26.1 Å². The molecule has 0 aliphatic carbocycles. The molecular formula is C9H21N3O. The minimum Gasteiger partial charge on any atom is -0.383 e. The van der Waals surface area contributed by atoms with Crippen LogP contribution in [-0.2, 0) is 4.74 Å². The smallest absolute Gasteiger partial charge is 0.113 e. The third-order valence-electron chi connectivity index (χ3n) is 2.10. The van der Waals surface area contributed by atoms with Crippen molar-refractivity contribution in [3.05, 3.63) is 0 Å². The van der Waals surface area contributed by atoms with Gasteiger partial charge in [0.05, 0.1) is 13.2 Å². The van der Waals surface area contributed by atoms with Gasteiger partial charge in [-0.1, -0.05) is 13.8 Å². The summed E-state index contributed by atoms with van der Waals surface area (Å²) in [6.45, 7) is 5.59. The summed E-state index contributed by atoms with van der Waals surface area (Å²) in [5.74, 6) is 6.72. The lowest BCUT2D eigenvalue weighted by molar-refractivity contribution is 0.207. The maximum absolute atomic E-state index is 5.39. The lowest BCUT2D eigenvalue weighted by Gasteiger charge is -2.14. The van der Waals surface area contributed by atoms with Crippen LogP contribution in [0, 0.1) is 5.92 Å². The molecule has 3 N–H and O–H groups in total. The van der Waals surface area contributed by atoms with E-state index >= 15 is 0 Å². The molecule has 0 bridgehead atoms. The molecule has 0 unspecified atom stereocenters. The fourth-order valence-electron chi connectivity index (χ4n) is 1.23. The standard InChI is InChI=1S/C9H21N3O/c1-4-8(5-2)9(12-10)11-6-7-13-3/h8H,4-7,10H2,1-3H3,(H,11,12). The van der Waals surface area contributed by atoms with Crippen LogP contribution in [0.1, 0.15) is 26.7 Å². The zero-order valence-corrected chi connectivity index (χ0v) is 8.84. The van der Waals surface area contributed by atoms with E-state index in [1.807, 2.05) is 0 Å². The Bertz CT molecular complexity index is 144. The van der Waals surface area contributed by atoms with Gasteiger partial charge in [0.25, 0.3) is 0 Å². The second-order valence-electron chi connectivity index (χ2n) is 2.92. The van der Waals surface area contributed by atoms with E-state index in [1.54, 1.807) is 7.11 Å². The molecule has 0 fully saturated rings. The molecular weight excluding hydrogens is 166 g/mol. The number of ether oxygens (including phenoxy) is 1. The highest BCUT2D eigenvalue weighted by Crippen LogP contribution is 2.07. The number of hydrogen-bond acceptors (Lipinski definition) is 3. The lowest BCUT2D eigenvalue weighted by atomic mass is 10.0. The number of hydrogen-bond donors (Lipinski definition) is 2. The number of rotatable bonds is 6. The molecule has 0 spiro atoms. The second kappa shape index (κ2) is 8.01. The Hall–Kier alpha value is -0.610. The first kappa shape index (κ1) is 12.4. The molecule has 13 heavy (non-hydrogen) atoms. The van der Waals surface area contributed by atoms with Gasteiger partial charge in [0.15, 0.2) is 0 Å². The summed E-state index contributed by atoms with van der Waals surface area (Å²) in [5.41, 5.74) is 2.66. The summed E-state index contributed by atoms with van der Waals surface area (Å²) < 4.78 is 4.91. The predicted octanol–water partition coefficient (Wildman–Crippen LogP) is 0.931. The zero-order valence-electron chi connectivity index (χ0n) is 8.84. The highest BCUT2D eigenvalue weighted by molar-refractivity contribution is 5.83. The fourth-order valence-corrected chi connectivity index (χ4v) is 1.23. The summed E-state index contributed by atoms with van der Waals surface area (Å²) in [6, 6.07) is 0. The molecule has 0 saturated carbocycles. The van der Waals surface area contributed by atoms with Gasteiger partial charge in [0, 0.05) is 13.0 Å². The van der Waals surface area contributed by atoms with E-state index in [4.69, 9.17) is 10.6 Å². The minimum atomic E-state index is 0.446. The molecule has 4 heteroatoms. The molecule has 0 rings (SSSR count). The van der Waals surface area contributed by atoms with Crippen LogP contribution < -0.4 is 11.3 Å². The van der Waals surface area contributed by atoms with Crippen molar-refractivity contribution in [3.63, 3.8) is 0 Å². The Morgan fingerprint density at radius 1 is 1.46 bits per heavy atom. The predicted molar refractivity (Wildman–Crippen MR) is 55.6 cm³/mol. The summed E-state index contributed by atoms with van der Waals surface area (Å²) in [5, 5.41) is 0. The van der Waals surface area contributed by atoms with E-state index in [0.29, 0.717) is 19.1 Å². The van der Waals surface area contributed by atoms with Gasteiger partial charge in [-0.05, 0) is 12.8 Å². The summed E-state index contributed by atoms with van der Waals surface area (Å²) in [4.78, 5) is 4.33. The molecule has 4 nitrogen and oxygen atoms in total. The third kappa shape index (κ3) is 4.85. The van der Waals surface area contributed by atoms with Crippen molar-refractivity contribution in [2.75, 3.05) is 20.3 Å². The van der Waals surface area contributed by atoms with E-state index in [1.165, 1.54) is 0 Å². The Morgan fingerprint density at radius 3 is 2.46 bits per heavy atom. The second-order valence-corrected chi connectivity index (χ2v) is 2.92. The van der Waals surface area contributed by atoms with Gasteiger partial charge in [-0.25, -0.2) is 5.84 Å². The van der Waals surface area contributed by atoms with Gasteiger partial charge in [0.1, 0.15) is 5.84 Å². The maximum Gasteiger partial charge on any atom is 0.113 e. The number of amidine groups is 1. The van der Waals surface area contributed by atoms with Crippen LogP contribution in [0.25, 0.3) is 0 Å². The van der Waals surface area contributed by atoms with Crippen molar-refractivity contribution in [2.24, 2.45) is 16.8 Å². The van der Waals surface area contributed by atoms with Crippen molar-refractivity contribution in [2.45, 2.75) is 26.7 Å². The Labute approximate surface area is 80.5 Å². The quantitative estimate of drug-likeness (QED) is 0.214. The molecule has 0 atom stereocenters. The fraction of sp³-hybridized carbons (Fsp3) is 0.889. The molecule has 0 amide bonds. The van der Waals surface area contributed by atoms with E-state index in [2.05, 4.69) is 24.3 Å². The number of hydrazine groups is 1. The van der Waals surface area contributed by atoms with Gasteiger partial charge >= 0.3 is 0 Å². The van der Waals surface area contributed by atoms with Gasteiger partial charge in [0.2, 0.25) is 0 Å². The molecule has 0 saturated heterocycles. The van der Waals surface area contributed by atoms with E-state index in [9.17, 15) is 0 Å². The first-order chi connectivity index (χ1) is 6.29. The average Bonchev–Trinajstić information content (AvgIpc) is 2.17. The Balaban J connectivity index is 4.04. The SMILES string of the molecule is CCC(CC)C(=NCCOC)NN. The number of nitrogens with one attached hydrogen (secondary N) is 1. The number of methoxy groups -OCH3 is 1. The Morgan fingerprint density at radius 2 is 2.08 bits per heavy atom. The lowest BCUT2D eigenvalue weighted by Crippen LogP contribution is -2.36. The average molecular weight is 187 g/mol.